The monoisotopic (exact) mass is 283 g/mol. The number of nitrogens with one attached hydrogen (secondary N) is 1. The molecule has 0 aromatic heterocycles. The summed E-state index contributed by atoms with van der Waals surface area (Å²) in [7, 11) is 0. The van der Waals surface area contributed by atoms with Crippen molar-refractivity contribution >= 4 is 11.9 Å². The molecule has 1 saturated carbocycles. The molecule has 3 unspecified atom stereocenters. The molecule has 1 amide bonds. The average molecular weight is 283 g/mol. The van der Waals surface area contributed by atoms with Crippen molar-refractivity contribution in [1.29, 1.82) is 0 Å². The van der Waals surface area contributed by atoms with E-state index in [0.717, 1.165) is 12.8 Å². The minimum atomic E-state index is -0.125. The van der Waals surface area contributed by atoms with Gasteiger partial charge in [-0.3, -0.25) is 9.59 Å². The van der Waals surface area contributed by atoms with Gasteiger partial charge in [-0.05, 0) is 37.0 Å². The number of rotatable bonds is 6. The lowest BCUT2D eigenvalue weighted by Crippen LogP contribution is -2.36. The zero-order chi connectivity index (χ0) is 15.1. The van der Waals surface area contributed by atoms with Crippen LogP contribution in [0, 0.1) is 17.8 Å². The summed E-state index contributed by atoms with van der Waals surface area (Å²) in [5, 5.41) is 2.69. The van der Waals surface area contributed by atoms with Gasteiger partial charge in [0.25, 0.3) is 0 Å². The van der Waals surface area contributed by atoms with E-state index in [4.69, 9.17) is 4.74 Å². The molecule has 0 radical (unpaired) electrons. The molecule has 0 spiro atoms. The Balaban J connectivity index is 2.35. The van der Waals surface area contributed by atoms with Crippen molar-refractivity contribution in [2.24, 2.45) is 17.8 Å². The van der Waals surface area contributed by atoms with Crippen LogP contribution in [0.2, 0.25) is 0 Å². The van der Waals surface area contributed by atoms with E-state index in [-0.39, 0.29) is 18.0 Å². The summed E-state index contributed by atoms with van der Waals surface area (Å²) < 4.78 is 5.69. The molecule has 1 fully saturated rings. The largest absolute Gasteiger partial charge is 0.462 e. The minimum absolute atomic E-state index is 0.0562. The summed E-state index contributed by atoms with van der Waals surface area (Å²) >= 11 is 0. The van der Waals surface area contributed by atoms with Crippen molar-refractivity contribution < 1.29 is 14.3 Å². The number of hydrogen-bond acceptors (Lipinski definition) is 3. The highest BCUT2D eigenvalue weighted by atomic mass is 16.5. The molecule has 0 saturated heterocycles. The van der Waals surface area contributed by atoms with Gasteiger partial charge in [0.2, 0.25) is 5.91 Å². The molecule has 4 heteroatoms. The fourth-order valence-electron chi connectivity index (χ4n) is 2.98. The van der Waals surface area contributed by atoms with Gasteiger partial charge in [0.05, 0.1) is 0 Å². The molecule has 0 bridgehead atoms. The Bertz CT molecular complexity index is 328. The summed E-state index contributed by atoms with van der Waals surface area (Å²) in [5.74, 6) is 1.51. The number of esters is 1. The topological polar surface area (TPSA) is 55.4 Å². The molecule has 1 rings (SSSR count). The quantitative estimate of drug-likeness (QED) is 0.602. The lowest BCUT2D eigenvalue weighted by molar-refractivity contribution is -0.156. The van der Waals surface area contributed by atoms with Gasteiger partial charge in [-0.2, -0.15) is 0 Å². The van der Waals surface area contributed by atoms with Gasteiger partial charge in [0.1, 0.15) is 6.10 Å². The Labute approximate surface area is 122 Å². The van der Waals surface area contributed by atoms with Crippen LogP contribution >= 0.6 is 0 Å². The Morgan fingerprint density at radius 2 is 2.00 bits per heavy atom. The van der Waals surface area contributed by atoms with Gasteiger partial charge in [-0.1, -0.05) is 27.2 Å². The van der Waals surface area contributed by atoms with Gasteiger partial charge in [0, 0.05) is 19.9 Å². The van der Waals surface area contributed by atoms with Crippen LogP contribution in [-0.2, 0) is 14.3 Å². The molecule has 0 aliphatic heterocycles. The number of carbonyl (C=O) groups excluding carboxylic acids is 2. The van der Waals surface area contributed by atoms with Crippen LogP contribution in [-0.4, -0.2) is 24.5 Å². The predicted octanol–water partition coefficient (Wildman–Crippen LogP) is 2.91. The third-order valence-electron chi connectivity index (χ3n) is 4.18. The second-order valence-electron chi connectivity index (χ2n) is 6.44. The van der Waals surface area contributed by atoms with E-state index in [2.05, 4.69) is 26.1 Å². The van der Waals surface area contributed by atoms with Crippen LogP contribution in [0.4, 0.5) is 0 Å². The first-order valence-electron chi connectivity index (χ1n) is 7.84. The maximum absolute atomic E-state index is 11.9. The second-order valence-corrected chi connectivity index (χ2v) is 6.44. The van der Waals surface area contributed by atoms with Gasteiger partial charge in [0.15, 0.2) is 0 Å². The minimum Gasteiger partial charge on any atom is -0.462 e. The van der Waals surface area contributed by atoms with Crippen LogP contribution in [0.3, 0.4) is 0 Å². The third kappa shape index (κ3) is 5.93. The average Bonchev–Trinajstić information content (AvgIpc) is 2.34. The molecule has 0 aromatic carbocycles. The Morgan fingerprint density at radius 1 is 1.30 bits per heavy atom. The van der Waals surface area contributed by atoms with Crippen LogP contribution in [0.15, 0.2) is 0 Å². The number of hydrogen-bond donors (Lipinski definition) is 1. The van der Waals surface area contributed by atoms with E-state index >= 15 is 0 Å². The van der Waals surface area contributed by atoms with Crippen molar-refractivity contribution in [2.75, 3.05) is 6.54 Å². The molecule has 0 heterocycles. The highest BCUT2D eigenvalue weighted by molar-refractivity contribution is 5.73. The first-order valence-corrected chi connectivity index (χ1v) is 7.84. The number of ether oxygens (including phenoxy) is 1. The van der Waals surface area contributed by atoms with Crippen LogP contribution in [0.1, 0.15) is 59.8 Å². The van der Waals surface area contributed by atoms with Crippen molar-refractivity contribution in [2.45, 2.75) is 65.9 Å². The Morgan fingerprint density at radius 3 is 2.60 bits per heavy atom. The Kier molecular flexibility index (Phi) is 7.03. The third-order valence-corrected chi connectivity index (χ3v) is 4.18. The summed E-state index contributed by atoms with van der Waals surface area (Å²) in [6, 6.07) is 0. The maximum atomic E-state index is 11.9. The van der Waals surface area contributed by atoms with Gasteiger partial charge < -0.3 is 10.1 Å². The van der Waals surface area contributed by atoms with E-state index < -0.39 is 0 Å². The Hall–Kier alpha value is -1.06. The molecule has 4 nitrogen and oxygen atoms in total. The molecule has 1 aliphatic carbocycles. The molecule has 0 aromatic rings. The van der Waals surface area contributed by atoms with Crippen molar-refractivity contribution in [1.82, 2.24) is 5.32 Å². The zero-order valence-corrected chi connectivity index (χ0v) is 13.3. The first kappa shape index (κ1) is 17.0. The predicted molar refractivity (Wildman–Crippen MR) is 79.1 cm³/mol. The molecule has 116 valence electrons. The van der Waals surface area contributed by atoms with E-state index in [1.807, 2.05) is 0 Å². The van der Waals surface area contributed by atoms with Crippen molar-refractivity contribution in [3.05, 3.63) is 0 Å². The molecular formula is C16H29NO3. The molecular weight excluding hydrogens is 254 g/mol. The van der Waals surface area contributed by atoms with Crippen LogP contribution < -0.4 is 5.32 Å². The van der Waals surface area contributed by atoms with E-state index in [1.54, 1.807) is 0 Å². The molecule has 3 atom stereocenters. The van der Waals surface area contributed by atoms with Crippen LogP contribution in [0.25, 0.3) is 0 Å². The number of amides is 1. The summed E-state index contributed by atoms with van der Waals surface area (Å²) in [6.07, 6.45) is 4.48. The highest BCUT2D eigenvalue weighted by Crippen LogP contribution is 2.35. The van der Waals surface area contributed by atoms with Gasteiger partial charge in [-0.25, -0.2) is 0 Å². The lowest BCUT2D eigenvalue weighted by Gasteiger charge is -2.36. The SMILES string of the molecule is CC(=O)NCCCC(=O)OC1CC(C)CCC1C(C)C. The summed E-state index contributed by atoms with van der Waals surface area (Å²) in [6.45, 7) is 8.67. The zero-order valence-electron chi connectivity index (χ0n) is 13.3. The van der Waals surface area contributed by atoms with Gasteiger partial charge in [-0.15, -0.1) is 0 Å². The van der Waals surface area contributed by atoms with E-state index in [1.165, 1.54) is 13.3 Å². The van der Waals surface area contributed by atoms with E-state index in [0.29, 0.717) is 37.1 Å². The summed E-state index contributed by atoms with van der Waals surface area (Å²) in [5.41, 5.74) is 0. The molecule has 1 aliphatic rings. The number of carbonyl (C=O) groups is 2. The second kappa shape index (κ2) is 8.28. The first-order chi connectivity index (χ1) is 9.40. The molecule has 20 heavy (non-hydrogen) atoms. The molecule has 1 N–H and O–H groups in total. The van der Waals surface area contributed by atoms with Crippen molar-refractivity contribution in [3.63, 3.8) is 0 Å². The van der Waals surface area contributed by atoms with Crippen molar-refractivity contribution in [3.8, 4) is 0 Å². The fourth-order valence-corrected chi connectivity index (χ4v) is 2.98. The maximum Gasteiger partial charge on any atom is 0.306 e. The fraction of sp³-hybridized carbons (Fsp3) is 0.875. The van der Waals surface area contributed by atoms with E-state index in [9.17, 15) is 9.59 Å². The summed E-state index contributed by atoms with van der Waals surface area (Å²) in [4.78, 5) is 22.6. The smallest absolute Gasteiger partial charge is 0.306 e. The highest BCUT2D eigenvalue weighted by Gasteiger charge is 2.33. The van der Waals surface area contributed by atoms with Crippen LogP contribution in [0.5, 0.6) is 0 Å². The normalized spacial score (nSPS) is 26.4. The standard InChI is InChI=1S/C16H29NO3/c1-11(2)14-8-7-12(3)10-15(14)20-16(19)6-5-9-17-13(4)18/h11-12,14-15H,5-10H2,1-4H3,(H,17,18). The van der Waals surface area contributed by atoms with Gasteiger partial charge >= 0.3 is 5.97 Å². The lowest BCUT2D eigenvalue weighted by atomic mass is 9.75.